The van der Waals surface area contributed by atoms with Gasteiger partial charge in [0, 0.05) is 26.2 Å². The van der Waals surface area contributed by atoms with Gasteiger partial charge in [-0.05, 0) is 39.2 Å². The molecule has 0 aromatic carbocycles. The van der Waals surface area contributed by atoms with Crippen LogP contribution in [0.3, 0.4) is 0 Å². The second kappa shape index (κ2) is 8.09. The molecular weight excluding hydrogens is 252 g/mol. The minimum atomic E-state index is -3.10. The van der Waals surface area contributed by atoms with Gasteiger partial charge in [-0.1, -0.05) is 0 Å². The van der Waals surface area contributed by atoms with E-state index < -0.39 is 10.0 Å². The fourth-order valence-electron chi connectivity index (χ4n) is 1.64. The molecule has 1 saturated carbocycles. The Bertz CT molecular complexity index is 315. The number of unbranched alkanes of at least 4 members (excludes halogenated alkanes) is 1. The molecule has 1 rings (SSSR count). The second-order valence-electron chi connectivity index (χ2n) is 4.77. The lowest BCUT2D eigenvalue weighted by Crippen LogP contribution is -2.32. The number of likely N-dealkylation sites (N-methyl/N-ethyl adjacent to an activating group) is 1. The molecule has 0 heterocycles. The Kier molecular flexibility index (Phi) is 7.14. The van der Waals surface area contributed by atoms with E-state index in [1.165, 1.54) is 17.1 Å². The average Bonchev–Trinajstić information content (AvgIpc) is 3.12. The minimum absolute atomic E-state index is 0.238. The van der Waals surface area contributed by atoms with Gasteiger partial charge in [-0.2, -0.15) is 0 Å². The van der Waals surface area contributed by atoms with Crippen LogP contribution in [0.1, 0.15) is 32.6 Å². The molecular formula is C12H26N2O3S. The van der Waals surface area contributed by atoms with Gasteiger partial charge in [0.2, 0.25) is 10.0 Å². The van der Waals surface area contributed by atoms with Crippen LogP contribution in [0, 0.1) is 0 Å². The summed E-state index contributed by atoms with van der Waals surface area (Å²) in [6.45, 7) is 4.37. The standard InChI is InChI=1S/C12H26N2O3S/c1-3-17-10-9-14(2)18(15,16)11-5-4-8-13-12-6-7-12/h12-13H,3-11H2,1-2H3. The molecule has 108 valence electrons. The highest BCUT2D eigenvalue weighted by Crippen LogP contribution is 2.18. The van der Waals surface area contributed by atoms with Crippen LogP contribution in [-0.4, -0.2) is 57.9 Å². The fourth-order valence-corrected chi connectivity index (χ4v) is 2.87. The van der Waals surface area contributed by atoms with E-state index in [0.29, 0.717) is 25.8 Å². The van der Waals surface area contributed by atoms with E-state index in [4.69, 9.17) is 4.74 Å². The van der Waals surface area contributed by atoms with Crippen LogP contribution in [0.15, 0.2) is 0 Å². The van der Waals surface area contributed by atoms with Crippen molar-refractivity contribution >= 4 is 10.0 Å². The first-order valence-electron chi connectivity index (χ1n) is 6.81. The molecule has 0 bridgehead atoms. The predicted octanol–water partition coefficient (Wildman–Crippen LogP) is 0.817. The predicted molar refractivity (Wildman–Crippen MR) is 73.2 cm³/mol. The monoisotopic (exact) mass is 278 g/mol. The van der Waals surface area contributed by atoms with Gasteiger partial charge < -0.3 is 10.1 Å². The van der Waals surface area contributed by atoms with E-state index in [1.807, 2.05) is 6.92 Å². The van der Waals surface area contributed by atoms with E-state index in [2.05, 4.69) is 5.32 Å². The van der Waals surface area contributed by atoms with Crippen molar-refractivity contribution in [3.05, 3.63) is 0 Å². The SMILES string of the molecule is CCOCCN(C)S(=O)(=O)CCCCNC1CC1. The molecule has 0 unspecified atom stereocenters. The van der Waals surface area contributed by atoms with Gasteiger partial charge in [-0.25, -0.2) is 12.7 Å². The number of ether oxygens (including phenoxy) is 1. The molecule has 5 nitrogen and oxygen atoms in total. The first-order valence-corrected chi connectivity index (χ1v) is 8.42. The van der Waals surface area contributed by atoms with Crippen molar-refractivity contribution in [1.82, 2.24) is 9.62 Å². The summed E-state index contributed by atoms with van der Waals surface area (Å²) in [4.78, 5) is 0. The molecule has 6 heteroatoms. The second-order valence-corrected chi connectivity index (χ2v) is 6.97. The van der Waals surface area contributed by atoms with E-state index in [0.717, 1.165) is 19.4 Å². The van der Waals surface area contributed by atoms with Crippen molar-refractivity contribution in [2.75, 3.05) is 39.1 Å². The zero-order chi connectivity index (χ0) is 13.4. The van der Waals surface area contributed by atoms with Crippen LogP contribution in [0.5, 0.6) is 0 Å². The lowest BCUT2D eigenvalue weighted by atomic mass is 10.3. The normalized spacial score (nSPS) is 16.4. The third kappa shape index (κ3) is 6.68. The molecule has 0 amide bonds. The Morgan fingerprint density at radius 3 is 2.67 bits per heavy atom. The van der Waals surface area contributed by atoms with E-state index in [-0.39, 0.29) is 5.75 Å². The molecule has 0 aliphatic heterocycles. The number of hydrogen-bond acceptors (Lipinski definition) is 4. The number of sulfonamides is 1. The topological polar surface area (TPSA) is 58.6 Å². The molecule has 0 spiro atoms. The number of nitrogens with zero attached hydrogens (tertiary/aromatic N) is 1. The molecule has 1 aliphatic carbocycles. The number of nitrogens with one attached hydrogen (secondary N) is 1. The van der Waals surface area contributed by atoms with Crippen LogP contribution in [-0.2, 0) is 14.8 Å². The number of rotatable bonds is 11. The van der Waals surface area contributed by atoms with Crippen molar-refractivity contribution in [2.24, 2.45) is 0 Å². The summed E-state index contributed by atoms with van der Waals surface area (Å²) < 4.78 is 30.3. The summed E-state index contributed by atoms with van der Waals surface area (Å²) >= 11 is 0. The zero-order valence-corrected chi connectivity index (χ0v) is 12.3. The van der Waals surface area contributed by atoms with Crippen LogP contribution in [0.2, 0.25) is 0 Å². The fraction of sp³-hybridized carbons (Fsp3) is 1.00. The summed E-state index contributed by atoms with van der Waals surface area (Å²) in [6, 6.07) is 0.704. The van der Waals surface area contributed by atoms with Crippen LogP contribution in [0.25, 0.3) is 0 Å². The first-order chi connectivity index (χ1) is 8.56. The Morgan fingerprint density at radius 1 is 1.33 bits per heavy atom. The van der Waals surface area contributed by atoms with Crippen molar-refractivity contribution < 1.29 is 13.2 Å². The summed E-state index contributed by atoms with van der Waals surface area (Å²) in [5, 5.41) is 3.39. The molecule has 0 aromatic heterocycles. The Morgan fingerprint density at radius 2 is 2.06 bits per heavy atom. The molecule has 1 aliphatic rings. The summed E-state index contributed by atoms with van der Waals surface area (Å²) in [6.07, 6.45) is 4.20. The summed E-state index contributed by atoms with van der Waals surface area (Å²) in [5.74, 6) is 0.238. The van der Waals surface area contributed by atoms with Crippen molar-refractivity contribution in [3.63, 3.8) is 0 Å². The van der Waals surface area contributed by atoms with Gasteiger partial charge >= 0.3 is 0 Å². The Labute approximate surface area is 111 Å². The molecule has 1 N–H and O–H groups in total. The van der Waals surface area contributed by atoms with Gasteiger partial charge in [0.05, 0.1) is 12.4 Å². The lowest BCUT2D eigenvalue weighted by molar-refractivity contribution is 0.138. The molecule has 0 atom stereocenters. The quantitative estimate of drug-likeness (QED) is 0.568. The molecule has 0 aromatic rings. The van der Waals surface area contributed by atoms with Crippen molar-refractivity contribution in [2.45, 2.75) is 38.6 Å². The Hall–Kier alpha value is -0.170. The highest BCUT2D eigenvalue weighted by Gasteiger charge is 2.20. The van der Waals surface area contributed by atoms with E-state index in [1.54, 1.807) is 7.05 Å². The van der Waals surface area contributed by atoms with E-state index in [9.17, 15) is 8.42 Å². The maximum atomic E-state index is 11.9. The van der Waals surface area contributed by atoms with Crippen molar-refractivity contribution in [3.8, 4) is 0 Å². The third-order valence-corrected chi connectivity index (χ3v) is 5.01. The van der Waals surface area contributed by atoms with Crippen molar-refractivity contribution in [1.29, 1.82) is 0 Å². The van der Waals surface area contributed by atoms with Gasteiger partial charge in [0.15, 0.2) is 0 Å². The molecule has 1 fully saturated rings. The smallest absolute Gasteiger partial charge is 0.213 e. The maximum absolute atomic E-state index is 11.9. The average molecular weight is 278 g/mol. The summed E-state index contributed by atoms with van der Waals surface area (Å²) in [7, 11) is -1.48. The summed E-state index contributed by atoms with van der Waals surface area (Å²) in [5.41, 5.74) is 0. The maximum Gasteiger partial charge on any atom is 0.213 e. The van der Waals surface area contributed by atoms with Gasteiger partial charge in [-0.15, -0.1) is 0 Å². The Balaban J connectivity index is 2.08. The first kappa shape index (κ1) is 15.9. The van der Waals surface area contributed by atoms with Crippen LogP contribution >= 0.6 is 0 Å². The van der Waals surface area contributed by atoms with Crippen LogP contribution in [0.4, 0.5) is 0 Å². The van der Waals surface area contributed by atoms with Gasteiger partial charge in [0.1, 0.15) is 0 Å². The third-order valence-electron chi connectivity index (χ3n) is 3.07. The molecule has 0 saturated heterocycles. The largest absolute Gasteiger partial charge is 0.380 e. The molecule has 0 radical (unpaired) electrons. The van der Waals surface area contributed by atoms with E-state index >= 15 is 0 Å². The van der Waals surface area contributed by atoms with Gasteiger partial charge in [-0.3, -0.25) is 0 Å². The number of hydrogen-bond donors (Lipinski definition) is 1. The minimum Gasteiger partial charge on any atom is -0.380 e. The lowest BCUT2D eigenvalue weighted by Gasteiger charge is -2.16. The highest BCUT2D eigenvalue weighted by atomic mass is 32.2. The molecule has 18 heavy (non-hydrogen) atoms. The highest BCUT2D eigenvalue weighted by molar-refractivity contribution is 7.89. The zero-order valence-electron chi connectivity index (χ0n) is 11.5. The van der Waals surface area contributed by atoms with Crippen LogP contribution < -0.4 is 5.32 Å². The van der Waals surface area contributed by atoms with Gasteiger partial charge in [0.25, 0.3) is 0 Å².